The van der Waals surface area contributed by atoms with Gasteiger partial charge in [0.05, 0.1) is 5.69 Å². The van der Waals surface area contributed by atoms with E-state index in [9.17, 15) is 0 Å². The maximum atomic E-state index is 8.38. The molecule has 5 aromatic rings. The summed E-state index contributed by atoms with van der Waals surface area (Å²) in [7, 11) is 0. The van der Waals surface area contributed by atoms with Crippen molar-refractivity contribution >= 4 is 21.5 Å². The number of fused-ring (bicyclic) bond motifs is 3. The molecule has 0 atom stereocenters. The lowest BCUT2D eigenvalue weighted by atomic mass is 9.88. The largest absolute Gasteiger partial charge is 0.256 e. The van der Waals surface area contributed by atoms with Gasteiger partial charge in [0.25, 0.3) is 0 Å². The van der Waals surface area contributed by atoms with E-state index in [4.69, 9.17) is 1.37 Å². The minimum absolute atomic E-state index is 0.652. The van der Waals surface area contributed by atoms with Gasteiger partial charge in [-0.05, 0) is 74.8 Å². The molecule has 1 nitrogen and oxygen atoms in total. The first kappa shape index (κ1) is 17.4. The van der Waals surface area contributed by atoms with Crippen LogP contribution in [0.4, 0.5) is 0 Å². The fourth-order valence-electron chi connectivity index (χ4n) is 4.40. The highest BCUT2D eigenvalue weighted by Crippen LogP contribution is 2.39. The van der Waals surface area contributed by atoms with E-state index in [1.54, 1.807) is 0 Å². The van der Waals surface area contributed by atoms with Gasteiger partial charge in [-0.2, -0.15) is 0 Å². The first-order valence-corrected chi connectivity index (χ1v) is 10.4. The summed E-state index contributed by atoms with van der Waals surface area (Å²) in [5, 5.41) is 5.05. The highest BCUT2D eigenvalue weighted by atomic mass is 14.7. The minimum atomic E-state index is -0.652. The normalized spacial score (nSPS) is 12.3. The predicted molar refractivity (Wildman–Crippen MR) is 129 cm³/mol. The fourth-order valence-corrected chi connectivity index (χ4v) is 4.40. The molecule has 30 heavy (non-hydrogen) atoms. The van der Waals surface area contributed by atoms with Gasteiger partial charge in [0.2, 0.25) is 0 Å². The van der Waals surface area contributed by atoms with Gasteiger partial charge >= 0.3 is 0 Å². The Balaban J connectivity index is 1.80. The van der Waals surface area contributed by atoms with Gasteiger partial charge in [-0.1, -0.05) is 80.6 Å². The van der Waals surface area contributed by atoms with Gasteiger partial charge in [0.1, 0.15) is 0 Å². The standard InChI is InChI=1S/C29H25N/c1-19(2)22-15-16-30-28(18-22)23-13-14-25-24-11-7-8-12-26(24)29(20(3)27(25)17-23)21-9-5-4-6-10-21/h4-19H,1-3H3/i19D. The molecule has 1 heteroatoms. The molecule has 0 aliphatic carbocycles. The average Bonchev–Trinajstić information content (AvgIpc) is 2.79. The first-order chi connectivity index (χ1) is 14.9. The SMILES string of the molecule is [2H]C(C)(C)c1ccnc(-c2ccc3c(c2)c(C)c(-c2ccccc2)c2ccccc23)c1. The Bertz CT molecular complexity index is 1410. The number of hydrogen-bond donors (Lipinski definition) is 0. The van der Waals surface area contributed by atoms with Crippen molar-refractivity contribution in [1.82, 2.24) is 4.98 Å². The maximum absolute atomic E-state index is 8.38. The Kier molecular flexibility index (Phi) is 4.31. The Labute approximate surface area is 179 Å². The minimum Gasteiger partial charge on any atom is -0.256 e. The zero-order valence-electron chi connectivity index (χ0n) is 18.6. The molecule has 0 radical (unpaired) electrons. The van der Waals surface area contributed by atoms with E-state index in [1.165, 1.54) is 38.2 Å². The summed E-state index contributed by atoms with van der Waals surface area (Å²) >= 11 is 0. The average molecular weight is 389 g/mol. The molecule has 0 spiro atoms. The van der Waals surface area contributed by atoms with Crippen LogP contribution in [0, 0.1) is 6.92 Å². The van der Waals surface area contributed by atoms with Crippen molar-refractivity contribution in [1.29, 1.82) is 0 Å². The number of aryl methyl sites for hydroxylation is 1. The maximum Gasteiger partial charge on any atom is 0.0705 e. The van der Waals surface area contributed by atoms with Crippen LogP contribution in [-0.4, -0.2) is 4.98 Å². The van der Waals surface area contributed by atoms with Gasteiger partial charge in [0, 0.05) is 13.1 Å². The fraction of sp³-hybridized carbons (Fsp3) is 0.138. The van der Waals surface area contributed by atoms with E-state index in [-0.39, 0.29) is 0 Å². The van der Waals surface area contributed by atoms with E-state index < -0.39 is 5.89 Å². The number of rotatable bonds is 3. The van der Waals surface area contributed by atoms with Crippen LogP contribution in [-0.2, 0) is 0 Å². The third-order valence-electron chi connectivity index (χ3n) is 5.98. The molecule has 0 saturated carbocycles. The molecule has 5 rings (SSSR count). The van der Waals surface area contributed by atoms with Crippen molar-refractivity contribution in [3.63, 3.8) is 0 Å². The van der Waals surface area contributed by atoms with Crippen LogP contribution in [0.1, 0.15) is 32.2 Å². The van der Waals surface area contributed by atoms with E-state index in [1.807, 2.05) is 32.2 Å². The van der Waals surface area contributed by atoms with Gasteiger partial charge in [-0.25, -0.2) is 0 Å². The van der Waals surface area contributed by atoms with Crippen molar-refractivity contribution in [2.75, 3.05) is 0 Å². The lowest BCUT2D eigenvalue weighted by molar-refractivity contribution is 0.864. The molecule has 0 fully saturated rings. The molecule has 4 aromatic carbocycles. The summed E-state index contributed by atoms with van der Waals surface area (Å²) in [6, 6.07) is 29.9. The Morgan fingerprint density at radius 3 is 2.17 bits per heavy atom. The van der Waals surface area contributed by atoms with Gasteiger partial charge in [-0.3, -0.25) is 4.98 Å². The third kappa shape index (κ3) is 3.07. The van der Waals surface area contributed by atoms with Crippen molar-refractivity contribution in [2.24, 2.45) is 0 Å². The second-order valence-corrected chi connectivity index (χ2v) is 8.10. The number of hydrogen-bond acceptors (Lipinski definition) is 1. The van der Waals surface area contributed by atoms with Crippen LogP contribution >= 0.6 is 0 Å². The Morgan fingerprint density at radius 1 is 0.700 bits per heavy atom. The van der Waals surface area contributed by atoms with Crippen LogP contribution in [0.5, 0.6) is 0 Å². The van der Waals surface area contributed by atoms with Crippen LogP contribution in [0.15, 0.2) is 91.1 Å². The third-order valence-corrected chi connectivity index (χ3v) is 5.98. The molecule has 0 N–H and O–H groups in total. The van der Waals surface area contributed by atoms with Gasteiger partial charge < -0.3 is 0 Å². The molecule has 0 unspecified atom stereocenters. The lowest BCUT2D eigenvalue weighted by Crippen LogP contribution is -1.93. The Morgan fingerprint density at radius 2 is 1.40 bits per heavy atom. The number of benzene rings is 4. The van der Waals surface area contributed by atoms with E-state index in [0.29, 0.717) is 0 Å². The summed E-state index contributed by atoms with van der Waals surface area (Å²) in [5.41, 5.74) is 6.76. The van der Waals surface area contributed by atoms with Crippen LogP contribution < -0.4 is 0 Å². The topological polar surface area (TPSA) is 12.9 Å². The highest BCUT2D eigenvalue weighted by molar-refractivity contribution is 6.16. The molecule has 0 amide bonds. The summed E-state index contributed by atoms with van der Waals surface area (Å²) in [6.45, 7) is 6.04. The molecule has 146 valence electrons. The number of aromatic nitrogens is 1. The van der Waals surface area contributed by atoms with Gasteiger partial charge in [0.15, 0.2) is 0 Å². The molecule has 0 aliphatic heterocycles. The van der Waals surface area contributed by atoms with Crippen molar-refractivity contribution in [2.45, 2.75) is 26.7 Å². The smallest absolute Gasteiger partial charge is 0.0705 e. The van der Waals surface area contributed by atoms with Crippen LogP contribution in [0.3, 0.4) is 0 Å². The molecule has 0 saturated heterocycles. The van der Waals surface area contributed by atoms with E-state index in [0.717, 1.165) is 16.8 Å². The summed E-state index contributed by atoms with van der Waals surface area (Å²) in [5.74, 6) is -0.652. The van der Waals surface area contributed by atoms with Crippen molar-refractivity contribution in [3.8, 4) is 22.4 Å². The predicted octanol–water partition coefficient (Wildman–Crippen LogP) is 8.15. The lowest BCUT2D eigenvalue weighted by Gasteiger charge is -2.16. The van der Waals surface area contributed by atoms with E-state index >= 15 is 0 Å². The number of pyridine rings is 1. The van der Waals surface area contributed by atoms with Crippen molar-refractivity contribution < 1.29 is 1.37 Å². The molecule has 1 heterocycles. The summed E-state index contributed by atoms with van der Waals surface area (Å²) in [6.07, 6.45) is 1.81. The first-order valence-electron chi connectivity index (χ1n) is 10.9. The Hall–Kier alpha value is -3.45. The zero-order valence-corrected chi connectivity index (χ0v) is 17.6. The molecular weight excluding hydrogens is 362 g/mol. The second kappa shape index (κ2) is 7.42. The second-order valence-electron chi connectivity index (χ2n) is 8.10. The summed E-state index contributed by atoms with van der Waals surface area (Å²) in [4.78, 5) is 4.62. The van der Waals surface area contributed by atoms with Gasteiger partial charge in [-0.15, -0.1) is 0 Å². The monoisotopic (exact) mass is 388 g/mol. The summed E-state index contributed by atoms with van der Waals surface area (Å²) < 4.78 is 8.38. The molecular formula is C29H25N. The zero-order chi connectivity index (χ0) is 21.6. The van der Waals surface area contributed by atoms with Crippen molar-refractivity contribution in [3.05, 3.63) is 102 Å². The number of nitrogens with zero attached hydrogens (tertiary/aromatic N) is 1. The van der Waals surface area contributed by atoms with Crippen LogP contribution in [0.25, 0.3) is 43.9 Å². The van der Waals surface area contributed by atoms with Crippen LogP contribution in [0.2, 0.25) is 0 Å². The molecule has 0 bridgehead atoms. The van der Waals surface area contributed by atoms with E-state index in [2.05, 4.69) is 84.7 Å². The highest BCUT2D eigenvalue weighted by Gasteiger charge is 2.14. The molecule has 0 aliphatic rings. The quantitative estimate of drug-likeness (QED) is 0.284. The molecule has 1 aromatic heterocycles.